The summed E-state index contributed by atoms with van der Waals surface area (Å²) in [6, 6.07) is 0. The van der Waals surface area contributed by atoms with E-state index in [0.29, 0.717) is 17.7 Å². The second-order valence-corrected chi connectivity index (χ2v) is 8.31. The second-order valence-electron chi connectivity index (χ2n) is 8.31. The fraction of sp³-hybridized carbons (Fsp3) is 0.944. The van der Waals surface area contributed by atoms with Gasteiger partial charge in [-0.25, -0.2) is 0 Å². The van der Waals surface area contributed by atoms with Crippen LogP contribution in [0.25, 0.3) is 0 Å². The summed E-state index contributed by atoms with van der Waals surface area (Å²) in [5, 5.41) is 0. The Morgan fingerprint density at radius 3 is 2.45 bits per heavy atom. The van der Waals surface area contributed by atoms with Crippen LogP contribution in [0.4, 0.5) is 0 Å². The molecule has 1 spiro atoms. The molecule has 4 fully saturated rings. The van der Waals surface area contributed by atoms with Crippen molar-refractivity contribution >= 4 is 5.91 Å². The lowest BCUT2D eigenvalue weighted by atomic mass is 9.74. The van der Waals surface area contributed by atoms with Crippen molar-refractivity contribution < 1.29 is 9.53 Å². The molecule has 1 atom stereocenters. The first kappa shape index (κ1) is 14.9. The molecule has 0 N–H and O–H groups in total. The van der Waals surface area contributed by atoms with Crippen LogP contribution in [0.5, 0.6) is 0 Å². The van der Waals surface area contributed by atoms with Gasteiger partial charge in [-0.1, -0.05) is 6.42 Å². The van der Waals surface area contributed by atoms with E-state index in [-0.39, 0.29) is 5.54 Å². The first-order valence-corrected chi connectivity index (χ1v) is 9.24. The quantitative estimate of drug-likeness (QED) is 0.780. The molecule has 0 aromatic carbocycles. The van der Waals surface area contributed by atoms with Crippen LogP contribution in [-0.2, 0) is 9.53 Å². The average Bonchev–Trinajstić information content (AvgIpc) is 3.20. The fourth-order valence-electron chi connectivity index (χ4n) is 4.34. The van der Waals surface area contributed by atoms with Crippen LogP contribution in [-0.4, -0.2) is 61.1 Å². The third-order valence-electron chi connectivity index (χ3n) is 6.49. The van der Waals surface area contributed by atoms with Crippen LogP contribution in [0.3, 0.4) is 0 Å². The molecule has 0 radical (unpaired) electrons. The maximum Gasteiger partial charge on any atom is 0.225 e. The van der Waals surface area contributed by atoms with Crippen molar-refractivity contribution in [1.82, 2.24) is 9.80 Å². The highest BCUT2D eigenvalue weighted by Crippen LogP contribution is 2.40. The number of likely N-dealkylation sites (N-methyl/N-ethyl adjacent to an activating group) is 1. The molecule has 0 bridgehead atoms. The van der Waals surface area contributed by atoms with Gasteiger partial charge in [0.15, 0.2) is 0 Å². The Hall–Kier alpha value is -0.610. The molecule has 4 aliphatic rings. The Morgan fingerprint density at radius 2 is 1.82 bits per heavy atom. The smallest absolute Gasteiger partial charge is 0.225 e. The largest absolute Gasteiger partial charge is 0.381 e. The molecule has 2 aliphatic heterocycles. The van der Waals surface area contributed by atoms with Gasteiger partial charge in [-0.05, 0) is 64.0 Å². The summed E-state index contributed by atoms with van der Waals surface area (Å²) < 4.78 is 5.93. The van der Waals surface area contributed by atoms with E-state index < -0.39 is 0 Å². The monoisotopic (exact) mass is 306 g/mol. The predicted octanol–water partition coefficient (Wildman–Crippen LogP) is 2.14. The molecule has 0 aromatic heterocycles. The van der Waals surface area contributed by atoms with E-state index in [1.807, 2.05) is 0 Å². The molecule has 2 saturated carbocycles. The van der Waals surface area contributed by atoms with Gasteiger partial charge in [0.2, 0.25) is 5.91 Å². The molecule has 2 aliphatic carbocycles. The van der Waals surface area contributed by atoms with E-state index in [1.165, 1.54) is 32.1 Å². The molecule has 124 valence electrons. The van der Waals surface area contributed by atoms with Crippen molar-refractivity contribution in [1.29, 1.82) is 0 Å². The maximum atomic E-state index is 12.4. The predicted molar refractivity (Wildman–Crippen MR) is 85.5 cm³/mol. The summed E-state index contributed by atoms with van der Waals surface area (Å²) in [4.78, 5) is 17.0. The highest BCUT2D eigenvalue weighted by atomic mass is 16.5. The minimum absolute atomic E-state index is 0.255. The lowest BCUT2D eigenvalue weighted by molar-refractivity contribution is -0.158. The molecule has 4 heteroatoms. The van der Waals surface area contributed by atoms with Crippen LogP contribution in [0.15, 0.2) is 0 Å². The summed E-state index contributed by atoms with van der Waals surface area (Å²) in [6.07, 6.45) is 8.69. The number of nitrogens with zero attached hydrogens (tertiary/aromatic N) is 2. The lowest BCUT2D eigenvalue weighted by Gasteiger charge is -2.59. The van der Waals surface area contributed by atoms with Gasteiger partial charge in [0.25, 0.3) is 0 Å². The summed E-state index contributed by atoms with van der Waals surface area (Å²) in [5.41, 5.74) is 0.255. The first-order chi connectivity index (χ1) is 10.7. The van der Waals surface area contributed by atoms with Gasteiger partial charge < -0.3 is 9.64 Å². The number of carbonyl (C=O) groups excluding carboxylic acids is 1. The molecule has 22 heavy (non-hydrogen) atoms. The van der Waals surface area contributed by atoms with Crippen LogP contribution < -0.4 is 0 Å². The molecular formula is C18H30N2O2. The molecule has 0 aromatic rings. The number of hydrogen-bond donors (Lipinski definition) is 0. The van der Waals surface area contributed by atoms with Crippen molar-refractivity contribution in [3.63, 3.8) is 0 Å². The van der Waals surface area contributed by atoms with Gasteiger partial charge >= 0.3 is 0 Å². The van der Waals surface area contributed by atoms with E-state index in [4.69, 9.17) is 4.74 Å². The summed E-state index contributed by atoms with van der Waals surface area (Å²) in [6.45, 7) is 4.98. The van der Waals surface area contributed by atoms with Gasteiger partial charge in [-0.3, -0.25) is 9.69 Å². The Bertz CT molecular complexity index is 425. The first-order valence-electron chi connectivity index (χ1n) is 9.24. The Balaban J connectivity index is 1.27. The minimum atomic E-state index is 0.255. The summed E-state index contributed by atoms with van der Waals surface area (Å²) in [5.74, 6) is 2.33. The SMILES string of the molecule is CN1CC[C@H](COCC2CC2)CC12CN(C(=O)C1CCC1)C2. The van der Waals surface area contributed by atoms with Crippen LogP contribution >= 0.6 is 0 Å². The normalized spacial score (nSPS) is 31.9. The molecule has 2 heterocycles. The molecule has 2 saturated heterocycles. The van der Waals surface area contributed by atoms with Crippen molar-refractivity contribution in [3.05, 3.63) is 0 Å². The summed E-state index contributed by atoms with van der Waals surface area (Å²) >= 11 is 0. The third kappa shape index (κ3) is 2.80. The van der Waals surface area contributed by atoms with E-state index in [9.17, 15) is 4.79 Å². The van der Waals surface area contributed by atoms with Gasteiger partial charge in [-0.2, -0.15) is 0 Å². The van der Waals surface area contributed by atoms with Crippen molar-refractivity contribution in [2.45, 2.75) is 50.5 Å². The molecule has 1 amide bonds. The zero-order valence-corrected chi connectivity index (χ0v) is 13.9. The number of likely N-dealkylation sites (tertiary alicyclic amines) is 2. The highest BCUT2D eigenvalue weighted by Gasteiger charge is 2.51. The zero-order chi connectivity index (χ0) is 15.2. The van der Waals surface area contributed by atoms with Gasteiger partial charge in [-0.15, -0.1) is 0 Å². The number of rotatable bonds is 5. The average molecular weight is 306 g/mol. The van der Waals surface area contributed by atoms with E-state index >= 15 is 0 Å². The second kappa shape index (κ2) is 5.79. The molecule has 4 rings (SSSR count). The number of amides is 1. The van der Waals surface area contributed by atoms with Gasteiger partial charge in [0.05, 0.1) is 5.54 Å². The number of piperidine rings is 1. The fourth-order valence-corrected chi connectivity index (χ4v) is 4.34. The number of ether oxygens (including phenoxy) is 1. The van der Waals surface area contributed by atoms with Crippen LogP contribution in [0.2, 0.25) is 0 Å². The Kier molecular flexibility index (Phi) is 3.93. The van der Waals surface area contributed by atoms with E-state index in [0.717, 1.165) is 51.6 Å². The van der Waals surface area contributed by atoms with Crippen molar-refractivity contribution in [2.75, 3.05) is 39.9 Å². The zero-order valence-electron chi connectivity index (χ0n) is 13.9. The highest BCUT2D eigenvalue weighted by molar-refractivity contribution is 5.80. The van der Waals surface area contributed by atoms with Gasteiger partial charge in [0, 0.05) is 32.2 Å². The third-order valence-corrected chi connectivity index (χ3v) is 6.49. The van der Waals surface area contributed by atoms with Gasteiger partial charge in [0.1, 0.15) is 0 Å². The Labute approximate surface area is 134 Å². The van der Waals surface area contributed by atoms with E-state index in [2.05, 4.69) is 16.8 Å². The van der Waals surface area contributed by atoms with E-state index in [1.54, 1.807) is 0 Å². The van der Waals surface area contributed by atoms with Crippen LogP contribution in [0, 0.1) is 17.8 Å². The van der Waals surface area contributed by atoms with Crippen molar-refractivity contribution in [2.24, 2.45) is 17.8 Å². The summed E-state index contributed by atoms with van der Waals surface area (Å²) in [7, 11) is 2.24. The molecular weight excluding hydrogens is 276 g/mol. The van der Waals surface area contributed by atoms with Crippen molar-refractivity contribution in [3.8, 4) is 0 Å². The molecule has 4 nitrogen and oxygen atoms in total. The number of carbonyl (C=O) groups is 1. The molecule has 0 unspecified atom stereocenters. The maximum absolute atomic E-state index is 12.4. The lowest BCUT2D eigenvalue weighted by Crippen LogP contribution is -2.73. The number of hydrogen-bond acceptors (Lipinski definition) is 3. The van der Waals surface area contributed by atoms with Crippen LogP contribution in [0.1, 0.15) is 44.9 Å². The standard InChI is InChI=1S/C18H30N2O2/c1-19-8-7-15(11-22-10-14-5-6-14)9-18(19)12-20(13-18)17(21)16-3-2-4-16/h14-16H,2-13H2,1H3/t15-/m0/s1. The Morgan fingerprint density at radius 1 is 1.09 bits per heavy atom. The topological polar surface area (TPSA) is 32.8 Å². The minimum Gasteiger partial charge on any atom is -0.381 e.